The summed E-state index contributed by atoms with van der Waals surface area (Å²) in [5.41, 5.74) is 6.73. The molecule has 0 aromatic carbocycles. The van der Waals surface area contributed by atoms with Gasteiger partial charge in [0, 0.05) is 0 Å². The van der Waals surface area contributed by atoms with Crippen molar-refractivity contribution >= 4 is 17.1 Å². The average Bonchev–Trinajstić information content (AvgIpc) is 2.71. The van der Waals surface area contributed by atoms with Crippen LogP contribution in [0.5, 0.6) is 0 Å². The number of allylic oxidation sites excluding steroid dienone is 1. The molecular weight excluding hydrogens is 222 g/mol. The SMILES string of the molecule is CC(C=C(O)CO)n1cnc2cnc(N)nc21. The van der Waals surface area contributed by atoms with Gasteiger partial charge in [-0.2, -0.15) is 4.98 Å². The van der Waals surface area contributed by atoms with E-state index in [2.05, 4.69) is 15.0 Å². The molecule has 0 aliphatic heterocycles. The molecule has 0 saturated carbocycles. The summed E-state index contributed by atoms with van der Waals surface area (Å²) in [6.45, 7) is 1.44. The zero-order chi connectivity index (χ0) is 12.4. The average molecular weight is 235 g/mol. The first-order valence-electron chi connectivity index (χ1n) is 5.07. The number of fused-ring (bicyclic) bond motifs is 1. The van der Waals surface area contributed by atoms with Gasteiger partial charge in [0.25, 0.3) is 0 Å². The Morgan fingerprint density at radius 2 is 2.35 bits per heavy atom. The number of imidazole rings is 1. The monoisotopic (exact) mass is 235 g/mol. The second-order valence-corrected chi connectivity index (χ2v) is 3.65. The molecule has 0 fully saturated rings. The number of nitrogens with zero attached hydrogens (tertiary/aromatic N) is 4. The maximum atomic E-state index is 9.27. The maximum Gasteiger partial charge on any atom is 0.222 e. The highest BCUT2D eigenvalue weighted by molar-refractivity contribution is 5.70. The number of aliphatic hydroxyl groups excluding tert-OH is 2. The molecule has 90 valence electrons. The van der Waals surface area contributed by atoms with Gasteiger partial charge < -0.3 is 20.5 Å². The highest BCUT2D eigenvalue weighted by Gasteiger charge is 2.10. The van der Waals surface area contributed by atoms with Gasteiger partial charge in [-0.25, -0.2) is 9.97 Å². The molecule has 1 unspecified atom stereocenters. The summed E-state index contributed by atoms with van der Waals surface area (Å²) >= 11 is 0. The zero-order valence-electron chi connectivity index (χ0n) is 9.28. The Kier molecular flexibility index (Phi) is 2.92. The van der Waals surface area contributed by atoms with E-state index in [4.69, 9.17) is 10.8 Å². The van der Waals surface area contributed by atoms with Crippen LogP contribution in [0.1, 0.15) is 13.0 Å². The Morgan fingerprint density at radius 1 is 1.59 bits per heavy atom. The molecule has 2 aromatic heterocycles. The molecular formula is C10H13N5O2. The Hall–Kier alpha value is -2.15. The first-order chi connectivity index (χ1) is 8.11. The molecule has 2 aromatic rings. The molecule has 2 rings (SSSR count). The van der Waals surface area contributed by atoms with Gasteiger partial charge in [0.15, 0.2) is 5.65 Å². The molecule has 0 aliphatic carbocycles. The molecule has 1 atom stereocenters. The Balaban J connectivity index is 2.45. The predicted octanol–water partition coefficient (Wildman–Crippen LogP) is 0.404. The van der Waals surface area contributed by atoms with Crippen LogP contribution in [-0.2, 0) is 0 Å². The van der Waals surface area contributed by atoms with Gasteiger partial charge in [-0.1, -0.05) is 0 Å². The van der Waals surface area contributed by atoms with E-state index in [1.165, 1.54) is 12.3 Å². The van der Waals surface area contributed by atoms with E-state index in [-0.39, 0.29) is 17.7 Å². The lowest BCUT2D eigenvalue weighted by molar-refractivity contribution is 0.250. The van der Waals surface area contributed by atoms with Gasteiger partial charge >= 0.3 is 0 Å². The first-order valence-corrected chi connectivity index (χ1v) is 5.07. The number of anilines is 1. The third-order valence-corrected chi connectivity index (χ3v) is 2.37. The highest BCUT2D eigenvalue weighted by atomic mass is 16.3. The number of hydrogen-bond donors (Lipinski definition) is 3. The molecule has 0 spiro atoms. The third-order valence-electron chi connectivity index (χ3n) is 2.37. The number of aliphatic hydroxyl groups is 2. The van der Waals surface area contributed by atoms with E-state index in [0.29, 0.717) is 11.2 Å². The Bertz CT molecular complexity index is 563. The van der Waals surface area contributed by atoms with E-state index in [1.54, 1.807) is 10.9 Å². The van der Waals surface area contributed by atoms with Crippen molar-refractivity contribution in [2.45, 2.75) is 13.0 Å². The van der Waals surface area contributed by atoms with E-state index < -0.39 is 6.61 Å². The summed E-state index contributed by atoms with van der Waals surface area (Å²) < 4.78 is 1.74. The standard InChI is InChI=1S/C10H13N5O2/c1-6(2-7(17)4-16)15-5-13-8-3-12-10(11)14-9(8)15/h2-3,5-6,16-17H,4H2,1H3,(H2,11,12,14). The van der Waals surface area contributed by atoms with Crippen LogP contribution in [0.25, 0.3) is 11.2 Å². The molecule has 7 heteroatoms. The van der Waals surface area contributed by atoms with Gasteiger partial charge in [-0.15, -0.1) is 0 Å². The molecule has 0 aliphatic rings. The van der Waals surface area contributed by atoms with Crippen LogP contribution in [0.3, 0.4) is 0 Å². The number of nitrogens with two attached hydrogens (primary N) is 1. The summed E-state index contributed by atoms with van der Waals surface area (Å²) in [4.78, 5) is 12.0. The van der Waals surface area contributed by atoms with Gasteiger partial charge in [0.1, 0.15) is 11.3 Å². The minimum Gasteiger partial charge on any atom is -0.510 e. The lowest BCUT2D eigenvalue weighted by atomic mass is 10.3. The largest absolute Gasteiger partial charge is 0.510 e. The molecule has 4 N–H and O–H groups in total. The van der Waals surface area contributed by atoms with Crippen LogP contribution >= 0.6 is 0 Å². The predicted molar refractivity (Wildman–Crippen MR) is 62.2 cm³/mol. The fraction of sp³-hybridized carbons (Fsp3) is 0.300. The van der Waals surface area contributed by atoms with Gasteiger partial charge in [-0.05, 0) is 13.0 Å². The van der Waals surface area contributed by atoms with Crippen molar-refractivity contribution in [2.75, 3.05) is 12.3 Å². The summed E-state index contributed by atoms with van der Waals surface area (Å²) in [5.74, 6) is 0.0724. The number of hydrogen-bond acceptors (Lipinski definition) is 6. The van der Waals surface area contributed by atoms with E-state index in [1.807, 2.05) is 6.92 Å². The molecule has 7 nitrogen and oxygen atoms in total. The minimum atomic E-state index is -0.395. The van der Waals surface area contributed by atoms with E-state index in [9.17, 15) is 5.11 Å². The Morgan fingerprint density at radius 3 is 3.06 bits per heavy atom. The van der Waals surface area contributed by atoms with E-state index in [0.717, 1.165) is 0 Å². The summed E-state index contributed by atoms with van der Waals surface area (Å²) in [6.07, 6.45) is 4.64. The quantitative estimate of drug-likeness (QED) is 0.664. The first kappa shape index (κ1) is 11.3. The molecule has 17 heavy (non-hydrogen) atoms. The van der Waals surface area contributed by atoms with Gasteiger partial charge in [-0.3, -0.25) is 0 Å². The minimum absolute atomic E-state index is 0.0959. The zero-order valence-corrected chi connectivity index (χ0v) is 9.28. The lowest BCUT2D eigenvalue weighted by Crippen LogP contribution is -2.05. The maximum absolute atomic E-state index is 9.27. The fourth-order valence-electron chi connectivity index (χ4n) is 1.55. The smallest absolute Gasteiger partial charge is 0.222 e. The number of aromatic nitrogens is 4. The molecule has 0 radical (unpaired) electrons. The van der Waals surface area contributed by atoms with Crippen molar-refractivity contribution in [2.24, 2.45) is 0 Å². The van der Waals surface area contributed by atoms with Crippen LogP contribution in [-0.4, -0.2) is 36.3 Å². The highest BCUT2D eigenvalue weighted by Crippen LogP contribution is 2.17. The second kappa shape index (κ2) is 4.38. The molecule has 2 heterocycles. The molecule has 0 saturated heterocycles. The van der Waals surface area contributed by atoms with Crippen molar-refractivity contribution in [1.29, 1.82) is 0 Å². The summed E-state index contributed by atoms with van der Waals surface area (Å²) in [7, 11) is 0. The summed E-state index contributed by atoms with van der Waals surface area (Å²) in [6, 6.07) is -0.193. The molecule has 0 amide bonds. The van der Waals surface area contributed by atoms with Crippen LogP contribution in [0, 0.1) is 0 Å². The van der Waals surface area contributed by atoms with Crippen LogP contribution in [0.2, 0.25) is 0 Å². The number of rotatable bonds is 3. The van der Waals surface area contributed by atoms with Crippen molar-refractivity contribution in [3.05, 3.63) is 24.4 Å². The van der Waals surface area contributed by atoms with Crippen molar-refractivity contribution < 1.29 is 10.2 Å². The fourth-order valence-corrected chi connectivity index (χ4v) is 1.55. The third kappa shape index (κ3) is 2.18. The summed E-state index contributed by atoms with van der Waals surface area (Å²) in [5, 5.41) is 18.0. The normalized spacial score (nSPS) is 14.1. The van der Waals surface area contributed by atoms with Crippen LogP contribution in [0.15, 0.2) is 24.4 Å². The molecule has 0 bridgehead atoms. The number of nitrogen functional groups attached to an aromatic ring is 1. The van der Waals surface area contributed by atoms with E-state index >= 15 is 0 Å². The van der Waals surface area contributed by atoms with Crippen LogP contribution < -0.4 is 5.73 Å². The topological polar surface area (TPSA) is 110 Å². The van der Waals surface area contributed by atoms with Crippen molar-refractivity contribution in [3.63, 3.8) is 0 Å². The van der Waals surface area contributed by atoms with Gasteiger partial charge in [0.05, 0.1) is 25.2 Å². The van der Waals surface area contributed by atoms with Crippen molar-refractivity contribution in [3.8, 4) is 0 Å². The second-order valence-electron chi connectivity index (χ2n) is 3.65. The van der Waals surface area contributed by atoms with Gasteiger partial charge in [0.2, 0.25) is 5.95 Å². The van der Waals surface area contributed by atoms with Crippen molar-refractivity contribution in [1.82, 2.24) is 19.5 Å². The van der Waals surface area contributed by atoms with Crippen LogP contribution in [0.4, 0.5) is 5.95 Å². The Labute approximate surface area is 97.3 Å². The lowest BCUT2D eigenvalue weighted by Gasteiger charge is -2.09.